The van der Waals surface area contributed by atoms with Crippen LogP contribution in [0.25, 0.3) is 11.3 Å². The molecule has 1 N–H and O–H groups in total. The number of halogens is 1. The van der Waals surface area contributed by atoms with Crippen LogP contribution in [-0.4, -0.2) is 15.6 Å². The average Bonchev–Trinajstić information content (AvgIpc) is 2.39. The maximum Gasteiger partial charge on any atom is 0.341 e. The van der Waals surface area contributed by atoms with E-state index in [1.54, 1.807) is 37.6 Å². The zero-order valence-corrected chi connectivity index (χ0v) is 12.2. The molecule has 4 nitrogen and oxygen atoms in total. The molecule has 1 aromatic carbocycles. The predicted molar refractivity (Wildman–Crippen MR) is 78.6 cm³/mol. The summed E-state index contributed by atoms with van der Waals surface area (Å²) >= 11 is 5.86. The summed E-state index contributed by atoms with van der Waals surface area (Å²) in [5.41, 5.74) is 1.75. The van der Waals surface area contributed by atoms with Crippen molar-refractivity contribution in [1.82, 2.24) is 4.57 Å². The van der Waals surface area contributed by atoms with Gasteiger partial charge in [-0.3, -0.25) is 4.79 Å². The topological polar surface area (TPSA) is 59.3 Å². The van der Waals surface area contributed by atoms with Gasteiger partial charge in [-0.2, -0.15) is 0 Å². The number of rotatable bonds is 2. The Labute approximate surface area is 121 Å². The minimum Gasteiger partial charge on any atom is -0.477 e. The van der Waals surface area contributed by atoms with Crippen molar-refractivity contribution in [3.63, 3.8) is 0 Å². The second kappa shape index (κ2) is 5.13. The summed E-state index contributed by atoms with van der Waals surface area (Å²) in [7, 11) is 1.75. The van der Waals surface area contributed by atoms with Gasteiger partial charge in [0.25, 0.3) is 0 Å². The Morgan fingerprint density at radius 2 is 1.75 bits per heavy atom. The summed E-state index contributed by atoms with van der Waals surface area (Å²) in [5.74, 6) is -1.20. The molecule has 5 heteroatoms. The summed E-state index contributed by atoms with van der Waals surface area (Å²) in [6, 6.07) is 7.09. The molecular weight excluding hydrogens is 278 g/mol. The molecular formula is C15H14ClNO3. The molecule has 0 amide bonds. The molecule has 0 fully saturated rings. The molecule has 0 aliphatic heterocycles. The second-order valence-electron chi connectivity index (χ2n) is 4.63. The number of carboxylic acids is 1. The molecule has 2 rings (SSSR count). The lowest BCUT2D eigenvalue weighted by Crippen LogP contribution is -2.24. The number of nitrogens with zero attached hydrogens (tertiary/aromatic N) is 1. The lowest BCUT2D eigenvalue weighted by atomic mass is 10.0. The first-order valence-electron chi connectivity index (χ1n) is 6.04. The van der Waals surface area contributed by atoms with Gasteiger partial charge in [-0.05, 0) is 31.5 Å². The summed E-state index contributed by atoms with van der Waals surface area (Å²) in [4.78, 5) is 23.4. The Morgan fingerprint density at radius 3 is 2.25 bits per heavy atom. The van der Waals surface area contributed by atoms with Crippen molar-refractivity contribution in [2.45, 2.75) is 13.8 Å². The van der Waals surface area contributed by atoms with Gasteiger partial charge in [0.2, 0.25) is 0 Å². The fourth-order valence-corrected chi connectivity index (χ4v) is 2.44. The van der Waals surface area contributed by atoms with E-state index >= 15 is 0 Å². The molecule has 0 aliphatic rings. The molecule has 20 heavy (non-hydrogen) atoms. The molecule has 0 unspecified atom stereocenters. The average molecular weight is 292 g/mol. The third-order valence-corrected chi connectivity index (χ3v) is 3.71. The minimum absolute atomic E-state index is 0.178. The molecule has 0 radical (unpaired) electrons. The van der Waals surface area contributed by atoms with Crippen LogP contribution in [0.1, 0.15) is 21.6 Å². The SMILES string of the molecule is Cc1c(-c2ccc(Cl)cc2)n(C)c(C)c(C(=O)O)c1=O. The van der Waals surface area contributed by atoms with Crippen LogP contribution in [0.15, 0.2) is 29.1 Å². The Balaban J connectivity index is 2.83. The van der Waals surface area contributed by atoms with Gasteiger partial charge in [0.15, 0.2) is 5.43 Å². The normalized spacial score (nSPS) is 10.6. The van der Waals surface area contributed by atoms with Gasteiger partial charge in [-0.1, -0.05) is 23.7 Å². The van der Waals surface area contributed by atoms with E-state index in [0.29, 0.717) is 22.0 Å². The van der Waals surface area contributed by atoms with Crippen molar-refractivity contribution in [1.29, 1.82) is 0 Å². The Kier molecular flexibility index (Phi) is 3.68. The van der Waals surface area contributed by atoms with Crippen LogP contribution in [0.3, 0.4) is 0 Å². The molecule has 0 bridgehead atoms. The number of pyridine rings is 1. The molecule has 1 aromatic heterocycles. The summed E-state index contributed by atoms with van der Waals surface area (Å²) in [6.45, 7) is 3.27. The zero-order chi connectivity index (χ0) is 15.0. The van der Waals surface area contributed by atoms with Gasteiger partial charge in [0, 0.05) is 23.3 Å². The third-order valence-electron chi connectivity index (χ3n) is 3.45. The predicted octanol–water partition coefficient (Wildman–Crippen LogP) is 3.02. The lowest BCUT2D eigenvalue weighted by Gasteiger charge is -2.17. The van der Waals surface area contributed by atoms with Crippen molar-refractivity contribution in [2.24, 2.45) is 7.05 Å². The smallest absolute Gasteiger partial charge is 0.341 e. The van der Waals surface area contributed by atoms with E-state index in [4.69, 9.17) is 16.7 Å². The van der Waals surface area contributed by atoms with E-state index < -0.39 is 11.4 Å². The number of carboxylic acid groups (broad SMARTS) is 1. The third kappa shape index (κ3) is 2.23. The molecule has 0 saturated heterocycles. The van der Waals surface area contributed by atoms with Crippen LogP contribution in [0, 0.1) is 13.8 Å². The van der Waals surface area contributed by atoms with Crippen LogP contribution in [-0.2, 0) is 7.05 Å². The molecule has 0 atom stereocenters. The van der Waals surface area contributed by atoms with Crippen LogP contribution >= 0.6 is 11.6 Å². The highest BCUT2D eigenvalue weighted by Gasteiger charge is 2.20. The monoisotopic (exact) mass is 291 g/mol. The van der Waals surface area contributed by atoms with E-state index in [9.17, 15) is 9.59 Å². The van der Waals surface area contributed by atoms with Crippen molar-refractivity contribution >= 4 is 17.6 Å². The number of carbonyl (C=O) groups is 1. The molecule has 104 valence electrons. The maximum absolute atomic E-state index is 12.2. The molecule has 0 aliphatic carbocycles. The fourth-order valence-electron chi connectivity index (χ4n) is 2.32. The van der Waals surface area contributed by atoms with Crippen LogP contribution in [0.5, 0.6) is 0 Å². The largest absolute Gasteiger partial charge is 0.477 e. The van der Waals surface area contributed by atoms with Crippen LogP contribution < -0.4 is 5.43 Å². The van der Waals surface area contributed by atoms with Gasteiger partial charge in [-0.15, -0.1) is 0 Å². The van der Waals surface area contributed by atoms with E-state index in [2.05, 4.69) is 0 Å². The molecule has 2 aromatic rings. The van der Waals surface area contributed by atoms with E-state index in [0.717, 1.165) is 5.56 Å². The molecule has 0 spiro atoms. The van der Waals surface area contributed by atoms with Gasteiger partial charge < -0.3 is 9.67 Å². The van der Waals surface area contributed by atoms with Crippen molar-refractivity contribution < 1.29 is 9.90 Å². The van der Waals surface area contributed by atoms with Gasteiger partial charge >= 0.3 is 5.97 Å². The first kappa shape index (κ1) is 14.3. The quantitative estimate of drug-likeness (QED) is 0.925. The van der Waals surface area contributed by atoms with Gasteiger partial charge in [0.1, 0.15) is 5.56 Å². The summed E-state index contributed by atoms with van der Waals surface area (Å²) < 4.78 is 1.73. The fraction of sp³-hybridized carbons (Fsp3) is 0.200. The Hall–Kier alpha value is -2.07. The first-order chi connectivity index (χ1) is 9.34. The minimum atomic E-state index is -1.20. The van der Waals surface area contributed by atoms with Gasteiger partial charge in [0.05, 0.1) is 5.69 Å². The Bertz CT molecular complexity index is 745. The van der Waals surface area contributed by atoms with Gasteiger partial charge in [-0.25, -0.2) is 4.79 Å². The number of benzene rings is 1. The first-order valence-corrected chi connectivity index (χ1v) is 6.41. The second-order valence-corrected chi connectivity index (χ2v) is 5.07. The molecule has 0 saturated carbocycles. The highest BCUT2D eigenvalue weighted by atomic mass is 35.5. The number of hydrogen-bond donors (Lipinski definition) is 1. The highest BCUT2D eigenvalue weighted by molar-refractivity contribution is 6.30. The van der Waals surface area contributed by atoms with Crippen molar-refractivity contribution in [3.05, 3.63) is 56.3 Å². The summed E-state index contributed by atoms with van der Waals surface area (Å²) in [6.07, 6.45) is 0. The molecule has 1 heterocycles. The number of hydrogen-bond acceptors (Lipinski definition) is 2. The standard InChI is InChI=1S/C15H14ClNO3/c1-8-13(10-4-6-11(16)7-5-10)17(3)9(2)12(14(8)18)15(19)20/h4-7H,1-3H3,(H,19,20). The number of aromatic nitrogens is 1. The Morgan fingerprint density at radius 1 is 1.20 bits per heavy atom. The zero-order valence-electron chi connectivity index (χ0n) is 11.4. The summed E-state index contributed by atoms with van der Waals surface area (Å²) in [5, 5.41) is 9.77. The van der Waals surface area contributed by atoms with E-state index in [1.807, 2.05) is 12.1 Å². The lowest BCUT2D eigenvalue weighted by molar-refractivity contribution is 0.0693. The van der Waals surface area contributed by atoms with Crippen molar-refractivity contribution in [2.75, 3.05) is 0 Å². The van der Waals surface area contributed by atoms with Crippen molar-refractivity contribution in [3.8, 4) is 11.3 Å². The van der Waals surface area contributed by atoms with Crippen LogP contribution in [0.2, 0.25) is 5.02 Å². The van der Waals surface area contributed by atoms with E-state index in [-0.39, 0.29) is 5.56 Å². The highest BCUT2D eigenvalue weighted by Crippen LogP contribution is 2.24. The van der Waals surface area contributed by atoms with Crippen LogP contribution in [0.4, 0.5) is 0 Å². The maximum atomic E-state index is 12.2. The van der Waals surface area contributed by atoms with E-state index in [1.165, 1.54) is 0 Å². The number of aromatic carboxylic acids is 1.